The van der Waals surface area contributed by atoms with E-state index in [1.54, 1.807) is 0 Å². The summed E-state index contributed by atoms with van der Waals surface area (Å²) in [7, 11) is -9.93. The Morgan fingerprint density at radius 2 is 1.09 bits per heavy atom. The van der Waals surface area contributed by atoms with Gasteiger partial charge in [-0.1, -0.05) is 0 Å². The first-order valence-corrected chi connectivity index (χ1v) is 11.8. The van der Waals surface area contributed by atoms with Gasteiger partial charge in [0.05, 0.1) is 9.79 Å². The van der Waals surface area contributed by atoms with Gasteiger partial charge in [0.15, 0.2) is 0 Å². The molecule has 0 saturated carbocycles. The van der Waals surface area contributed by atoms with Crippen molar-refractivity contribution in [3.63, 3.8) is 0 Å². The molecule has 4 N–H and O–H groups in total. The number of aromatic hydroxyl groups is 2. The maximum absolute atomic E-state index is 11.6. The van der Waals surface area contributed by atoms with Crippen LogP contribution in [0.1, 0.15) is 27.5 Å². The number of phenols is 2. The average molecular weight is 575 g/mol. The van der Waals surface area contributed by atoms with Gasteiger partial charge in [-0.25, -0.2) is 16.8 Å². The molecule has 0 aliphatic rings. The predicted octanol–water partition coefficient (Wildman–Crippen LogP) is 0.940. The van der Waals surface area contributed by atoms with Crippen molar-refractivity contribution >= 4 is 32.2 Å². The number of carbonyl (C=O) groups is 2. The van der Waals surface area contributed by atoms with Crippen LogP contribution in [0.5, 0.6) is 11.5 Å². The molecule has 2 rings (SSSR count). The number of hydrogen-bond acceptors (Lipinski definition) is 10. The summed E-state index contributed by atoms with van der Waals surface area (Å²) >= 11 is 0. The van der Waals surface area contributed by atoms with Crippen molar-refractivity contribution in [2.24, 2.45) is 0 Å². The van der Waals surface area contributed by atoms with Crippen LogP contribution in [0.4, 0.5) is 0 Å². The van der Waals surface area contributed by atoms with Gasteiger partial charge in [-0.2, -0.15) is 13.1 Å². The van der Waals surface area contributed by atoms with Gasteiger partial charge < -0.3 is 40.2 Å². The van der Waals surface area contributed by atoms with Crippen LogP contribution in [-0.4, -0.2) is 71.4 Å². The second-order valence-electron chi connectivity index (χ2n) is 6.64. The largest absolute Gasteiger partial charge is 1.00 e. The number of rotatable bonds is 11. The van der Waals surface area contributed by atoms with Crippen molar-refractivity contribution < 1.29 is 77.3 Å². The standard InChI is InChI=1S/C18H18N2O12S2.Fe/c21-13-3-1-9(33(27,28)29)7-11(13)15(17(23)24)19-5-6-20-16(18(25)26)12-8-10(34(30,31)32)2-4-14(12)22;/h1-4,7-8,15-16,21-22H,5-6H2,(H,23,24)(H,25,26)(H,27,28,29)(H,30,31,32);/q-2;/p+1. The van der Waals surface area contributed by atoms with E-state index in [1.165, 1.54) is 0 Å². The average Bonchev–Trinajstić information content (AvgIpc) is 2.70. The molecule has 0 heterocycles. The number of aliphatic carboxylic acids is 2. The van der Waals surface area contributed by atoms with E-state index >= 15 is 0 Å². The minimum Gasteiger partial charge on any atom is -0.744 e. The summed E-state index contributed by atoms with van der Waals surface area (Å²) in [5.41, 5.74) is -1.02. The number of hydrogen-bond donors (Lipinski definition) is 4. The first kappa shape index (κ1) is 30.3. The molecule has 14 nitrogen and oxygen atoms in total. The Kier molecular flexibility index (Phi) is 10.2. The smallest absolute Gasteiger partial charge is 0.744 e. The molecule has 35 heavy (non-hydrogen) atoms. The van der Waals surface area contributed by atoms with E-state index in [9.17, 15) is 56.0 Å². The number of carboxylic acid groups (broad SMARTS) is 2. The van der Waals surface area contributed by atoms with Crippen molar-refractivity contribution in [2.45, 2.75) is 21.9 Å². The van der Waals surface area contributed by atoms with Gasteiger partial charge in [0.2, 0.25) is 0 Å². The fraction of sp³-hybridized carbons (Fsp3) is 0.222. The summed E-state index contributed by atoms with van der Waals surface area (Å²) in [4.78, 5) is 21.5. The molecule has 2 atom stereocenters. The molecule has 0 aliphatic heterocycles. The van der Waals surface area contributed by atoms with Crippen LogP contribution in [-0.2, 0) is 46.9 Å². The Labute approximate surface area is 214 Å². The van der Waals surface area contributed by atoms with Crippen molar-refractivity contribution in [3.8, 4) is 11.5 Å². The Morgan fingerprint density at radius 1 is 0.771 bits per heavy atom. The minimum absolute atomic E-state index is 0. The molecule has 0 amide bonds. The van der Waals surface area contributed by atoms with Crippen LogP contribution in [0.25, 0.3) is 10.6 Å². The third kappa shape index (κ3) is 7.87. The van der Waals surface area contributed by atoms with Crippen molar-refractivity contribution in [1.82, 2.24) is 0 Å². The van der Waals surface area contributed by atoms with Crippen molar-refractivity contribution in [3.05, 3.63) is 58.2 Å². The van der Waals surface area contributed by atoms with Gasteiger partial charge in [0.25, 0.3) is 11.9 Å². The maximum Gasteiger partial charge on any atom is 1.00 e. The molecule has 194 valence electrons. The van der Waals surface area contributed by atoms with Gasteiger partial charge in [0, 0.05) is 17.1 Å². The molecule has 0 saturated heterocycles. The monoisotopic (exact) mass is 575 g/mol. The van der Waals surface area contributed by atoms with E-state index in [4.69, 9.17) is 0 Å². The SMILES string of the molecule is O=C(O)C([N-]CC[N-]C(C(=O)O)c1cc(S(=O)(=O)[O-])ccc1O)c1cc(S(=O)(=O)[O-])ccc1O.[Fe].[H+].[H+].[H+]. The Bertz CT molecular complexity index is 1230. The van der Waals surface area contributed by atoms with Crippen LogP contribution in [0, 0.1) is 0 Å². The molecular formula is C18H19FeN2O12S2-. The van der Waals surface area contributed by atoms with Gasteiger partial charge in [-0.3, -0.25) is 9.59 Å². The fourth-order valence-corrected chi connectivity index (χ4v) is 3.82. The van der Waals surface area contributed by atoms with Gasteiger partial charge in [-0.05, 0) is 59.6 Å². The molecule has 0 aromatic heterocycles. The molecule has 0 aliphatic carbocycles. The molecule has 2 unspecified atom stereocenters. The number of nitrogens with zero attached hydrogens (tertiary/aromatic N) is 2. The van der Waals surface area contributed by atoms with Crippen LogP contribution < -0.4 is 0 Å². The van der Waals surface area contributed by atoms with E-state index in [0.29, 0.717) is 12.1 Å². The predicted molar refractivity (Wildman–Crippen MR) is 113 cm³/mol. The zero-order chi connectivity index (χ0) is 25.8. The summed E-state index contributed by atoms with van der Waals surface area (Å²) in [6.45, 7) is -0.955. The third-order valence-corrected chi connectivity index (χ3v) is 6.02. The zero-order valence-corrected chi connectivity index (χ0v) is 19.9. The van der Waals surface area contributed by atoms with Gasteiger partial charge in [-0.15, -0.1) is 0 Å². The van der Waals surface area contributed by atoms with Crippen LogP contribution >= 0.6 is 0 Å². The molecule has 0 fully saturated rings. The van der Waals surface area contributed by atoms with Crippen molar-refractivity contribution in [2.75, 3.05) is 13.1 Å². The van der Waals surface area contributed by atoms with E-state index in [1.807, 2.05) is 0 Å². The van der Waals surface area contributed by atoms with E-state index in [-0.39, 0.29) is 21.3 Å². The topological polar surface area (TPSA) is 258 Å². The van der Waals surface area contributed by atoms with E-state index in [0.717, 1.165) is 24.3 Å². The molecule has 2 aromatic rings. The molecular weight excluding hydrogens is 556 g/mol. The van der Waals surface area contributed by atoms with Crippen LogP contribution in [0.15, 0.2) is 46.2 Å². The summed E-state index contributed by atoms with van der Waals surface area (Å²) < 4.78 is 67.0. The van der Waals surface area contributed by atoms with Crippen LogP contribution in [0.3, 0.4) is 0 Å². The molecule has 2 aromatic carbocycles. The Morgan fingerprint density at radius 3 is 1.34 bits per heavy atom. The summed E-state index contributed by atoms with van der Waals surface area (Å²) in [5.74, 6) is -4.58. The van der Waals surface area contributed by atoms with Gasteiger partial charge >= 0.3 is 4.28 Å². The second kappa shape index (κ2) is 11.8. The normalized spacial score (nSPS) is 13.4. The fourth-order valence-electron chi connectivity index (χ4n) is 2.81. The zero-order valence-electron chi connectivity index (χ0n) is 20.2. The number of carboxylic acids is 2. The Hall–Kier alpha value is -2.76. The summed E-state index contributed by atoms with van der Waals surface area (Å²) in [6, 6.07) is 0.746. The molecule has 17 heteroatoms. The number of benzene rings is 2. The van der Waals surface area contributed by atoms with Crippen LogP contribution in [0.2, 0.25) is 0 Å². The van der Waals surface area contributed by atoms with Crippen molar-refractivity contribution in [1.29, 1.82) is 0 Å². The van der Waals surface area contributed by atoms with E-state index < -0.39 is 89.8 Å². The second-order valence-corrected chi connectivity index (χ2v) is 9.40. The molecule has 0 spiro atoms. The number of phenolic OH excluding ortho intramolecular Hbond substituents is 2. The molecule has 0 radical (unpaired) electrons. The van der Waals surface area contributed by atoms with Gasteiger partial charge in [0.1, 0.15) is 31.7 Å². The summed E-state index contributed by atoms with van der Waals surface area (Å²) in [5, 5.41) is 46.0. The first-order chi connectivity index (χ1) is 15.6. The Balaban J connectivity index is -0.00000306. The summed E-state index contributed by atoms with van der Waals surface area (Å²) in [6.07, 6.45) is 0. The van der Waals surface area contributed by atoms with E-state index in [2.05, 4.69) is 10.6 Å². The first-order valence-electron chi connectivity index (χ1n) is 8.99. The maximum atomic E-state index is 11.6. The minimum atomic E-state index is -4.96. The molecule has 0 bridgehead atoms. The third-order valence-electron chi connectivity index (χ3n) is 4.36. The quantitative estimate of drug-likeness (QED) is 0.166.